The van der Waals surface area contributed by atoms with E-state index in [1.807, 2.05) is 34.1 Å². The SMILES string of the molecule is O=C(CN1CCC(C=C=C=NC(=O)[C@@H](Cc2cc(Br)c(O)c(Br)c2)OC(=O)N2CCC(N3CCc4ccccc4NC3=O)CC2)CC1)NO. The molecule has 49 heavy (non-hydrogen) atoms. The fraction of sp³-hybridized carbons (Fsp3) is 0.441. The zero-order chi connectivity index (χ0) is 34.9. The molecule has 0 bridgehead atoms. The highest BCUT2D eigenvalue weighted by Gasteiger charge is 2.33. The zero-order valence-electron chi connectivity index (χ0n) is 26.7. The van der Waals surface area contributed by atoms with Crippen LogP contribution < -0.4 is 10.8 Å². The number of benzene rings is 2. The number of anilines is 1. The van der Waals surface area contributed by atoms with Gasteiger partial charge in [0.05, 0.1) is 15.5 Å². The number of carbonyl (C=O) groups is 4. The average Bonchev–Trinajstić information content (AvgIpc) is 3.27. The maximum atomic E-state index is 13.4. The van der Waals surface area contributed by atoms with E-state index in [0.29, 0.717) is 60.1 Å². The minimum absolute atomic E-state index is 0.00178. The Morgan fingerprint density at radius 1 is 1.06 bits per heavy atom. The van der Waals surface area contributed by atoms with Crippen molar-refractivity contribution in [3.8, 4) is 5.75 Å². The van der Waals surface area contributed by atoms with Gasteiger partial charge in [0.25, 0.3) is 11.8 Å². The summed E-state index contributed by atoms with van der Waals surface area (Å²) >= 11 is 6.61. The van der Waals surface area contributed by atoms with Crippen LogP contribution in [-0.2, 0) is 27.2 Å². The molecule has 2 aromatic carbocycles. The third kappa shape index (κ3) is 9.81. The summed E-state index contributed by atoms with van der Waals surface area (Å²) in [6.45, 7) is 2.74. The van der Waals surface area contributed by atoms with Crippen LogP contribution in [0, 0.1) is 5.92 Å². The van der Waals surface area contributed by atoms with E-state index in [4.69, 9.17) is 9.94 Å². The summed E-state index contributed by atoms with van der Waals surface area (Å²) in [5.74, 6) is 1.53. The van der Waals surface area contributed by atoms with E-state index in [9.17, 15) is 24.3 Å². The summed E-state index contributed by atoms with van der Waals surface area (Å²) < 4.78 is 6.57. The lowest BCUT2D eigenvalue weighted by Gasteiger charge is -2.37. The molecule has 1 atom stereocenters. The highest BCUT2D eigenvalue weighted by molar-refractivity contribution is 9.11. The van der Waals surface area contributed by atoms with E-state index in [2.05, 4.69) is 53.8 Å². The van der Waals surface area contributed by atoms with Crippen molar-refractivity contribution in [1.29, 1.82) is 0 Å². The molecular formula is C34H38Br2N6O7. The number of ether oxygens (including phenoxy) is 1. The van der Waals surface area contributed by atoms with Crippen molar-refractivity contribution in [2.24, 2.45) is 10.9 Å². The number of likely N-dealkylation sites (tertiary alicyclic amines) is 2. The Balaban J connectivity index is 1.21. The van der Waals surface area contributed by atoms with E-state index < -0.39 is 24.0 Å². The predicted octanol–water partition coefficient (Wildman–Crippen LogP) is 4.64. The Morgan fingerprint density at radius 3 is 2.45 bits per heavy atom. The van der Waals surface area contributed by atoms with Crippen LogP contribution in [0.5, 0.6) is 5.75 Å². The lowest BCUT2D eigenvalue weighted by atomic mass is 9.97. The van der Waals surface area contributed by atoms with E-state index in [-0.39, 0.29) is 36.7 Å². The van der Waals surface area contributed by atoms with Gasteiger partial charge in [0.15, 0.2) is 6.10 Å². The van der Waals surface area contributed by atoms with Crippen molar-refractivity contribution in [3.05, 3.63) is 68.3 Å². The van der Waals surface area contributed by atoms with Gasteiger partial charge in [-0.25, -0.2) is 15.1 Å². The second-order valence-electron chi connectivity index (χ2n) is 12.3. The fourth-order valence-electron chi connectivity index (χ4n) is 6.25. The van der Waals surface area contributed by atoms with Gasteiger partial charge in [-0.2, -0.15) is 4.99 Å². The van der Waals surface area contributed by atoms with Crippen LogP contribution in [0.1, 0.15) is 36.8 Å². The number of hydrogen-bond donors (Lipinski definition) is 4. The first-order valence-electron chi connectivity index (χ1n) is 16.1. The maximum absolute atomic E-state index is 13.4. The Morgan fingerprint density at radius 2 is 1.76 bits per heavy atom. The number of fused-ring (bicyclic) bond motifs is 1. The Bertz CT molecular complexity index is 1640. The number of para-hydroxylation sites is 1. The molecule has 3 heterocycles. The van der Waals surface area contributed by atoms with Gasteiger partial charge in [-0.05, 0) is 118 Å². The zero-order valence-corrected chi connectivity index (χ0v) is 29.9. The van der Waals surface area contributed by atoms with Gasteiger partial charge < -0.3 is 25.0 Å². The van der Waals surface area contributed by atoms with Crippen molar-refractivity contribution in [1.82, 2.24) is 20.2 Å². The molecule has 0 radical (unpaired) electrons. The van der Waals surface area contributed by atoms with Crippen LogP contribution in [0.4, 0.5) is 15.3 Å². The van der Waals surface area contributed by atoms with Crippen LogP contribution in [-0.4, -0.2) is 106 Å². The molecule has 2 fully saturated rings. The van der Waals surface area contributed by atoms with Crippen LogP contribution >= 0.6 is 31.9 Å². The molecule has 4 N–H and O–H groups in total. The summed E-state index contributed by atoms with van der Waals surface area (Å²) in [5, 5.41) is 21.9. The first kappa shape index (κ1) is 36.3. The Hall–Kier alpha value is -3.97. The minimum atomic E-state index is -1.27. The summed E-state index contributed by atoms with van der Waals surface area (Å²) in [6.07, 6.45) is 3.25. The van der Waals surface area contributed by atoms with Crippen molar-refractivity contribution in [3.63, 3.8) is 0 Å². The smallest absolute Gasteiger partial charge is 0.410 e. The number of nitrogens with one attached hydrogen (secondary N) is 2. The van der Waals surface area contributed by atoms with Crippen molar-refractivity contribution >= 4 is 67.4 Å². The summed E-state index contributed by atoms with van der Waals surface area (Å²) in [5.41, 5.74) is 6.99. The summed E-state index contributed by atoms with van der Waals surface area (Å²) in [6, 6.07) is 10.8. The third-order valence-electron chi connectivity index (χ3n) is 9.00. The Labute approximate surface area is 300 Å². The first-order valence-corrected chi connectivity index (χ1v) is 17.7. The number of hydrogen-bond acceptors (Lipinski definition) is 8. The molecule has 5 rings (SSSR count). The van der Waals surface area contributed by atoms with E-state index in [1.165, 1.54) is 0 Å². The van der Waals surface area contributed by atoms with E-state index in [0.717, 1.165) is 30.5 Å². The molecule has 5 amide bonds. The number of urea groups is 1. The van der Waals surface area contributed by atoms with Gasteiger partial charge in [-0.1, -0.05) is 23.9 Å². The number of hydroxylamine groups is 1. The number of phenolic OH excluding ortho intramolecular Hbond substituents is 1. The second-order valence-corrected chi connectivity index (χ2v) is 14.0. The highest BCUT2D eigenvalue weighted by Crippen LogP contribution is 2.34. The normalized spacial score (nSPS) is 17.8. The molecule has 260 valence electrons. The van der Waals surface area contributed by atoms with Crippen LogP contribution in [0.25, 0.3) is 0 Å². The van der Waals surface area contributed by atoms with E-state index >= 15 is 0 Å². The lowest BCUT2D eigenvalue weighted by Crippen LogP contribution is -2.50. The maximum Gasteiger partial charge on any atom is 0.410 e. The summed E-state index contributed by atoms with van der Waals surface area (Å²) in [7, 11) is 0. The second kappa shape index (κ2) is 17.1. The number of carbonyl (C=O) groups excluding carboxylic acids is 4. The van der Waals surface area contributed by atoms with Gasteiger partial charge in [-0.3, -0.25) is 19.7 Å². The number of halogens is 2. The quantitative estimate of drug-likeness (QED) is 0.130. The van der Waals surface area contributed by atoms with Gasteiger partial charge in [0.1, 0.15) is 5.75 Å². The number of aromatic hydroxyl groups is 1. The molecule has 2 aromatic rings. The van der Waals surface area contributed by atoms with Crippen molar-refractivity contribution < 1.29 is 34.2 Å². The molecule has 0 unspecified atom stereocenters. The Kier molecular flexibility index (Phi) is 12.7. The molecular weight excluding hydrogens is 764 g/mol. The summed E-state index contributed by atoms with van der Waals surface area (Å²) in [4.78, 5) is 60.3. The van der Waals surface area contributed by atoms with Crippen molar-refractivity contribution in [2.75, 3.05) is 44.6 Å². The van der Waals surface area contributed by atoms with Gasteiger partial charge in [0, 0.05) is 43.7 Å². The molecule has 0 aliphatic carbocycles. The number of amides is 5. The number of nitrogens with zero attached hydrogens (tertiary/aromatic N) is 4. The van der Waals surface area contributed by atoms with Gasteiger partial charge in [0.2, 0.25) is 0 Å². The van der Waals surface area contributed by atoms with Gasteiger partial charge >= 0.3 is 12.1 Å². The molecule has 0 saturated carbocycles. The minimum Gasteiger partial charge on any atom is -0.506 e. The van der Waals surface area contributed by atoms with Crippen LogP contribution in [0.3, 0.4) is 0 Å². The standard InChI is InChI=1S/C34H38Br2N6O7/c35-26-18-23(19-27(36)31(26)44)20-29(32(45)37-12-3-4-22-7-13-40(14-8-22)21-30(43)39-48)49-34(47)41-15-10-25(11-16-41)42-17-9-24-5-1-2-6-28(24)38-33(42)46/h1-2,4-6,18-19,22,25,29,44,48H,7-11,13-17,20-21H2,(H,38,46)(H,39,43)/t29-/m1/s1. The monoisotopic (exact) mass is 800 g/mol. The van der Waals surface area contributed by atoms with Crippen LogP contribution in [0.15, 0.2) is 62.1 Å². The third-order valence-corrected chi connectivity index (χ3v) is 10.2. The largest absolute Gasteiger partial charge is 0.506 e. The molecule has 13 nitrogen and oxygen atoms in total. The molecule has 3 aliphatic rings. The predicted molar refractivity (Wildman–Crippen MR) is 188 cm³/mol. The van der Waals surface area contributed by atoms with Gasteiger partial charge in [-0.15, -0.1) is 0 Å². The molecule has 0 spiro atoms. The number of allylic oxidation sites excluding steroid dienone is 1. The lowest BCUT2D eigenvalue weighted by molar-refractivity contribution is -0.130. The fourth-order valence-corrected chi connectivity index (χ4v) is 7.54. The average molecular weight is 803 g/mol. The first-order chi connectivity index (χ1) is 23.6. The number of piperidine rings is 2. The topological polar surface area (TPSA) is 164 Å². The van der Waals surface area contributed by atoms with E-state index in [1.54, 1.807) is 28.6 Å². The van der Waals surface area contributed by atoms with Crippen molar-refractivity contribution in [2.45, 2.75) is 50.7 Å². The molecule has 0 aromatic heterocycles. The number of aliphatic imine (C=N–C) groups is 1. The number of rotatable bonds is 8. The molecule has 2 saturated heterocycles. The number of phenols is 1. The molecule has 15 heteroatoms. The molecule has 3 aliphatic heterocycles. The van der Waals surface area contributed by atoms with Crippen LogP contribution in [0.2, 0.25) is 0 Å². The highest BCUT2D eigenvalue weighted by atomic mass is 79.9.